The average Bonchev–Trinajstić information content (AvgIpc) is 3.70. The first-order valence-corrected chi connectivity index (χ1v) is 22.8. The summed E-state index contributed by atoms with van der Waals surface area (Å²) in [5.41, 5.74) is -0.866. The van der Waals surface area contributed by atoms with Crippen LogP contribution in [0.5, 0.6) is 0 Å². The molecule has 0 aromatic heterocycles. The quantitative estimate of drug-likeness (QED) is 0.164. The number of carbonyl (C=O) groups is 2. The van der Waals surface area contributed by atoms with E-state index in [-0.39, 0.29) is 72.4 Å². The Labute approximate surface area is 357 Å². The number of aliphatic carboxylic acids is 1. The number of ether oxygens (including phenoxy) is 8. The smallest absolute Gasteiger partial charge is 0.306 e. The normalized spacial score (nSPS) is 49.0. The Morgan fingerprint density at radius 3 is 2.27 bits per heavy atom. The summed E-state index contributed by atoms with van der Waals surface area (Å²) in [5.74, 6) is -7.02. The van der Waals surface area contributed by atoms with Crippen molar-refractivity contribution in [1.29, 1.82) is 0 Å². The van der Waals surface area contributed by atoms with E-state index in [2.05, 4.69) is 20.8 Å². The molecular formula is C46H76O14. The van der Waals surface area contributed by atoms with Gasteiger partial charge in [-0.1, -0.05) is 61.5 Å². The number of ketones is 1. The summed E-state index contributed by atoms with van der Waals surface area (Å²) in [6.07, 6.45) is 4.71. The van der Waals surface area contributed by atoms with Crippen LogP contribution in [0.2, 0.25) is 0 Å². The summed E-state index contributed by atoms with van der Waals surface area (Å²) < 4.78 is 53.7. The number of carbonyl (C=O) groups excluding carboxylic acids is 1. The second-order valence-electron chi connectivity index (χ2n) is 20.2. The molecule has 6 fully saturated rings. The maximum atomic E-state index is 13.0. The van der Waals surface area contributed by atoms with Crippen LogP contribution < -0.4 is 0 Å². The van der Waals surface area contributed by atoms with Crippen molar-refractivity contribution in [3.05, 3.63) is 12.2 Å². The number of carboxylic acids is 1. The van der Waals surface area contributed by atoms with Gasteiger partial charge < -0.3 is 58.3 Å². The molecule has 0 radical (unpaired) electrons. The topological polar surface area (TPSA) is 189 Å². The van der Waals surface area contributed by atoms with Gasteiger partial charge in [-0.3, -0.25) is 9.59 Å². The fourth-order valence-corrected chi connectivity index (χ4v) is 11.3. The van der Waals surface area contributed by atoms with E-state index in [1.54, 1.807) is 27.0 Å². The van der Waals surface area contributed by atoms with Crippen molar-refractivity contribution in [3.8, 4) is 0 Å². The Hall–Kier alpha value is -1.56. The van der Waals surface area contributed by atoms with Crippen LogP contribution >= 0.6 is 0 Å². The van der Waals surface area contributed by atoms with Crippen molar-refractivity contribution < 1.29 is 67.9 Å². The van der Waals surface area contributed by atoms with Gasteiger partial charge in [-0.2, -0.15) is 0 Å². The molecule has 14 nitrogen and oxygen atoms in total. The first kappa shape index (κ1) is 47.9. The molecule has 2 spiro atoms. The first-order chi connectivity index (χ1) is 28.1. The highest BCUT2D eigenvalue weighted by atomic mass is 16.8. The van der Waals surface area contributed by atoms with Crippen LogP contribution in [-0.2, 0) is 47.5 Å². The fraction of sp³-hybridized carbons (Fsp3) is 0.913. The molecule has 6 saturated heterocycles. The van der Waals surface area contributed by atoms with Gasteiger partial charge in [0.25, 0.3) is 0 Å². The van der Waals surface area contributed by atoms with E-state index in [1.165, 1.54) is 6.08 Å². The van der Waals surface area contributed by atoms with E-state index in [9.17, 15) is 30.0 Å². The lowest BCUT2D eigenvalue weighted by Gasteiger charge is -2.54. The third-order valence-electron chi connectivity index (χ3n) is 15.6. The van der Waals surface area contributed by atoms with Crippen LogP contribution in [-0.4, -0.2) is 124 Å². The first-order valence-electron chi connectivity index (χ1n) is 22.8. The molecule has 0 aromatic carbocycles. The zero-order valence-electron chi connectivity index (χ0n) is 37.9. The molecule has 0 saturated carbocycles. The van der Waals surface area contributed by atoms with Gasteiger partial charge in [-0.25, -0.2) is 0 Å². The lowest BCUT2D eigenvalue weighted by Crippen LogP contribution is -2.63. The molecule has 0 aliphatic carbocycles. The van der Waals surface area contributed by atoms with Crippen molar-refractivity contribution in [3.63, 3.8) is 0 Å². The molecule has 344 valence electrons. The Kier molecular flexibility index (Phi) is 14.8. The van der Waals surface area contributed by atoms with Crippen molar-refractivity contribution in [2.75, 3.05) is 13.7 Å². The molecule has 21 atom stereocenters. The predicted molar refractivity (Wildman–Crippen MR) is 219 cm³/mol. The summed E-state index contributed by atoms with van der Waals surface area (Å²) in [5, 5.41) is 42.3. The number of hydrogen-bond acceptors (Lipinski definition) is 13. The minimum atomic E-state index is -1.66. The van der Waals surface area contributed by atoms with Gasteiger partial charge in [0.15, 0.2) is 29.4 Å². The molecule has 0 aromatic rings. The number of methoxy groups -OCH3 is 1. The van der Waals surface area contributed by atoms with Crippen LogP contribution in [0.4, 0.5) is 0 Å². The van der Waals surface area contributed by atoms with Crippen LogP contribution in [0.25, 0.3) is 0 Å². The highest BCUT2D eigenvalue weighted by Gasteiger charge is 2.65. The number of aliphatic hydroxyl groups is 3. The van der Waals surface area contributed by atoms with Gasteiger partial charge >= 0.3 is 5.97 Å². The van der Waals surface area contributed by atoms with E-state index in [0.29, 0.717) is 38.5 Å². The fourth-order valence-electron chi connectivity index (χ4n) is 11.3. The second-order valence-corrected chi connectivity index (χ2v) is 20.2. The van der Waals surface area contributed by atoms with E-state index >= 15 is 0 Å². The molecule has 60 heavy (non-hydrogen) atoms. The largest absolute Gasteiger partial charge is 0.481 e. The molecular weight excluding hydrogens is 776 g/mol. The van der Waals surface area contributed by atoms with Gasteiger partial charge in [-0.15, -0.1) is 0 Å². The summed E-state index contributed by atoms with van der Waals surface area (Å²) in [7, 11) is 1.70. The second kappa shape index (κ2) is 18.5. The molecule has 6 aliphatic rings. The summed E-state index contributed by atoms with van der Waals surface area (Å²) in [4.78, 5) is 24.4. The van der Waals surface area contributed by atoms with Crippen LogP contribution in [0.3, 0.4) is 0 Å². The van der Waals surface area contributed by atoms with E-state index in [0.717, 1.165) is 6.42 Å². The number of carboxylic acid groups (broad SMARTS) is 1. The molecule has 6 aliphatic heterocycles. The molecule has 4 N–H and O–H groups in total. The van der Waals surface area contributed by atoms with E-state index in [1.807, 2.05) is 34.6 Å². The van der Waals surface area contributed by atoms with E-state index < -0.39 is 84.2 Å². The number of allylic oxidation sites excluding steroid dienone is 1. The zero-order valence-corrected chi connectivity index (χ0v) is 37.9. The van der Waals surface area contributed by atoms with Crippen molar-refractivity contribution >= 4 is 11.8 Å². The molecule has 0 unspecified atom stereocenters. The van der Waals surface area contributed by atoms with Crippen molar-refractivity contribution in [1.82, 2.24) is 0 Å². The third-order valence-corrected chi connectivity index (χ3v) is 15.6. The molecule has 0 amide bonds. The standard InChI is InChI=1S/C46H76O14/c1-24(12-13-33(48)25(2)18-27(4)42(50)51)40-30(7)34(49)22-44(58-40)17-16-43(10,60-44)38-21-36(55-39-15-14-35(53-11)32(9)54-39)31(8)46(57-38)29(6)20-37(56-46)41-26(3)19-28(5)45(52,23-47)59-41/h12-13,24-32,34-41,47,49,52H,14-23H2,1-11H3,(H,50,51)/b13-12+/t24-,25+,26-,27+,28+,29-,30+,31+,32-,34+,35-,36-,37-,38-,39-,40-,41+,43-,44+,45+,46+/m0/s1. The Bertz CT molecular complexity index is 1530. The SMILES string of the molecule is CO[C@H]1CC[C@H](O[C@H]2C[C@@H]([C@]3(C)CC[C@]4(C[C@@H](O)[C@@H](C)[C@H]([C@@H](C)/C=C/C(=O)[C@H](C)C[C@@H](C)C(=O)O)O4)O3)O[C@@]3(O[C@H]([C@@H]4O[C@](O)(CO)[C@H](C)C[C@@H]4C)C[C@@H]3C)[C@@H]2C)O[C@H]1C. The maximum Gasteiger partial charge on any atom is 0.306 e. The lowest BCUT2D eigenvalue weighted by atomic mass is 9.76. The summed E-state index contributed by atoms with van der Waals surface area (Å²) in [6, 6.07) is 0. The molecule has 0 bridgehead atoms. The van der Waals surface area contributed by atoms with Gasteiger partial charge in [-0.05, 0) is 57.9 Å². The highest BCUT2D eigenvalue weighted by molar-refractivity contribution is 5.91. The van der Waals surface area contributed by atoms with Crippen LogP contribution in [0.1, 0.15) is 127 Å². The van der Waals surface area contributed by atoms with Crippen LogP contribution in [0.15, 0.2) is 12.2 Å². The van der Waals surface area contributed by atoms with E-state index in [4.69, 9.17) is 37.9 Å². The Morgan fingerprint density at radius 2 is 1.62 bits per heavy atom. The van der Waals surface area contributed by atoms with Gasteiger partial charge in [0.2, 0.25) is 0 Å². The van der Waals surface area contributed by atoms with Crippen molar-refractivity contribution in [2.24, 2.45) is 47.3 Å². The van der Waals surface area contributed by atoms with Gasteiger partial charge in [0, 0.05) is 68.3 Å². The molecule has 14 heteroatoms. The zero-order chi connectivity index (χ0) is 44.1. The van der Waals surface area contributed by atoms with Crippen LogP contribution in [0, 0.1) is 47.3 Å². The maximum absolute atomic E-state index is 13.0. The van der Waals surface area contributed by atoms with Gasteiger partial charge in [0.05, 0.1) is 67.0 Å². The average molecular weight is 853 g/mol. The predicted octanol–water partition coefficient (Wildman–Crippen LogP) is 5.76. The molecule has 6 rings (SSSR count). The number of rotatable bonds is 13. The summed E-state index contributed by atoms with van der Waals surface area (Å²) >= 11 is 0. The molecule has 6 heterocycles. The Balaban J connectivity index is 1.23. The minimum Gasteiger partial charge on any atom is -0.481 e. The minimum absolute atomic E-state index is 0.0120. The number of hydrogen-bond donors (Lipinski definition) is 4. The number of aliphatic hydroxyl groups excluding tert-OH is 2. The lowest BCUT2D eigenvalue weighted by molar-refractivity contribution is -0.390. The van der Waals surface area contributed by atoms with Gasteiger partial charge in [0.1, 0.15) is 0 Å². The highest BCUT2D eigenvalue weighted by Crippen LogP contribution is 2.56. The Morgan fingerprint density at radius 1 is 0.900 bits per heavy atom. The summed E-state index contributed by atoms with van der Waals surface area (Å²) in [6.45, 7) is 19.0. The monoisotopic (exact) mass is 853 g/mol. The van der Waals surface area contributed by atoms with Crippen molar-refractivity contribution in [2.45, 2.75) is 205 Å². The third kappa shape index (κ3) is 9.46.